The number of carbonyl (C=O) groups is 2. The predicted octanol–water partition coefficient (Wildman–Crippen LogP) is 3.67. The van der Waals surface area contributed by atoms with Crippen LogP contribution in [0.25, 0.3) is 0 Å². The fourth-order valence-corrected chi connectivity index (χ4v) is 2.07. The summed E-state index contributed by atoms with van der Waals surface area (Å²) in [5, 5.41) is -0.463. The van der Waals surface area contributed by atoms with Crippen LogP contribution in [0.4, 0.5) is 4.79 Å². The molecule has 5 nitrogen and oxygen atoms in total. The number of benzene rings is 1. The molecule has 23 heavy (non-hydrogen) atoms. The zero-order valence-electron chi connectivity index (χ0n) is 13.0. The summed E-state index contributed by atoms with van der Waals surface area (Å²) in [7, 11) is 1.44. The van der Waals surface area contributed by atoms with Gasteiger partial charge in [-0.25, -0.2) is 9.59 Å². The lowest BCUT2D eigenvalue weighted by Gasteiger charge is -2.24. The van der Waals surface area contributed by atoms with Crippen molar-refractivity contribution in [1.82, 2.24) is 4.90 Å². The number of nitrogens with zero attached hydrogens (tertiary/aromatic N) is 1. The van der Waals surface area contributed by atoms with Gasteiger partial charge in [0, 0.05) is 7.05 Å². The van der Waals surface area contributed by atoms with Gasteiger partial charge < -0.3 is 9.47 Å². The Hall–Kier alpha value is -2.27. The lowest BCUT2D eigenvalue weighted by atomic mass is 10.1. The summed E-state index contributed by atoms with van der Waals surface area (Å²) < 4.78 is 9.89. The molecule has 0 heterocycles. The summed E-state index contributed by atoms with van der Waals surface area (Å²) in [6.45, 7) is 6.89. The monoisotopic (exact) mass is 337 g/mol. The topological polar surface area (TPSA) is 55.8 Å². The van der Waals surface area contributed by atoms with Gasteiger partial charge in [0.15, 0.2) is 0 Å². The van der Waals surface area contributed by atoms with Crippen LogP contribution in [0.5, 0.6) is 0 Å². The molecule has 0 aliphatic rings. The van der Waals surface area contributed by atoms with Crippen molar-refractivity contribution in [2.75, 3.05) is 13.7 Å². The third-order valence-electron chi connectivity index (χ3n) is 3.13. The molecule has 1 aromatic rings. The van der Waals surface area contributed by atoms with Crippen LogP contribution >= 0.6 is 11.6 Å². The van der Waals surface area contributed by atoms with Gasteiger partial charge in [-0.05, 0) is 12.0 Å². The number of alkyl halides is 1. The Kier molecular flexibility index (Phi) is 7.91. The molecule has 1 aromatic carbocycles. The van der Waals surface area contributed by atoms with E-state index in [-0.39, 0.29) is 13.0 Å². The Balaban J connectivity index is 2.65. The Morgan fingerprint density at radius 3 is 2.52 bits per heavy atom. The Morgan fingerprint density at radius 1 is 1.30 bits per heavy atom. The average Bonchev–Trinajstić information content (AvgIpc) is 2.57. The van der Waals surface area contributed by atoms with Gasteiger partial charge in [-0.15, -0.1) is 18.2 Å². The number of hydrogen-bond donors (Lipinski definition) is 0. The second kappa shape index (κ2) is 9.69. The van der Waals surface area contributed by atoms with Gasteiger partial charge in [-0.3, -0.25) is 4.90 Å². The summed E-state index contributed by atoms with van der Waals surface area (Å²) >= 11 is 6.21. The SMILES string of the molecule is C=CC[C@H](C(=O)OCC(Cl)c1ccccc1)N(C)C(=O)OC=C. The first-order chi connectivity index (χ1) is 11.0. The second-order valence-corrected chi connectivity index (χ2v) is 5.24. The van der Waals surface area contributed by atoms with E-state index in [4.69, 9.17) is 16.3 Å². The van der Waals surface area contributed by atoms with Crippen molar-refractivity contribution >= 4 is 23.7 Å². The van der Waals surface area contributed by atoms with E-state index in [1.165, 1.54) is 13.1 Å². The molecule has 6 heteroatoms. The largest absolute Gasteiger partial charge is 0.462 e. The van der Waals surface area contributed by atoms with Crippen molar-refractivity contribution in [3.8, 4) is 0 Å². The van der Waals surface area contributed by atoms with E-state index in [2.05, 4.69) is 17.9 Å². The zero-order chi connectivity index (χ0) is 17.2. The molecule has 0 saturated carbocycles. The van der Waals surface area contributed by atoms with Gasteiger partial charge in [-0.1, -0.05) is 43.0 Å². The second-order valence-electron chi connectivity index (χ2n) is 4.71. The zero-order valence-corrected chi connectivity index (χ0v) is 13.7. The van der Waals surface area contributed by atoms with Crippen LogP contribution in [-0.4, -0.2) is 36.7 Å². The molecular formula is C17H20ClNO4. The van der Waals surface area contributed by atoms with Gasteiger partial charge in [-0.2, -0.15) is 0 Å². The standard InChI is InChI=1S/C17H20ClNO4/c1-4-9-15(19(3)17(21)22-5-2)16(20)23-12-14(18)13-10-7-6-8-11-13/h4-8,10-11,14-15H,1-2,9,12H2,3H3/t14?,15-/m1/s1. The highest BCUT2D eigenvalue weighted by Crippen LogP contribution is 2.20. The number of amides is 1. The highest BCUT2D eigenvalue weighted by Gasteiger charge is 2.28. The van der Waals surface area contributed by atoms with Crippen molar-refractivity contribution < 1.29 is 19.1 Å². The highest BCUT2D eigenvalue weighted by molar-refractivity contribution is 6.21. The molecule has 0 aliphatic carbocycles. The summed E-state index contributed by atoms with van der Waals surface area (Å²) in [6.07, 6.45) is 2.06. The van der Waals surface area contributed by atoms with Crippen molar-refractivity contribution in [3.63, 3.8) is 0 Å². The van der Waals surface area contributed by atoms with Gasteiger partial charge >= 0.3 is 12.1 Å². The fraction of sp³-hybridized carbons (Fsp3) is 0.294. The molecular weight excluding hydrogens is 318 g/mol. The van der Waals surface area contributed by atoms with E-state index >= 15 is 0 Å². The van der Waals surface area contributed by atoms with Crippen molar-refractivity contribution in [2.24, 2.45) is 0 Å². The molecule has 0 radical (unpaired) electrons. The Bertz CT molecular complexity index is 547. The quantitative estimate of drug-likeness (QED) is 0.314. The number of ether oxygens (including phenoxy) is 2. The van der Waals surface area contributed by atoms with Crippen LogP contribution < -0.4 is 0 Å². The van der Waals surface area contributed by atoms with E-state index in [0.29, 0.717) is 0 Å². The third-order valence-corrected chi connectivity index (χ3v) is 3.51. The van der Waals surface area contributed by atoms with E-state index < -0.39 is 23.5 Å². The number of likely N-dealkylation sites (N-methyl/N-ethyl adjacent to an activating group) is 1. The van der Waals surface area contributed by atoms with Crippen LogP contribution in [0.15, 0.2) is 55.8 Å². The van der Waals surface area contributed by atoms with Crippen LogP contribution in [0.3, 0.4) is 0 Å². The van der Waals surface area contributed by atoms with Gasteiger partial charge in [0.05, 0.1) is 11.6 Å². The Morgan fingerprint density at radius 2 is 1.96 bits per heavy atom. The molecule has 0 N–H and O–H groups in total. The van der Waals surface area contributed by atoms with Gasteiger partial charge in [0.1, 0.15) is 12.6 Å². The number of halogens is 1. The fourth-order valence-electron chi connectivity index (χ4n) is 1.86. The number of rotatable bonds is 8. The van der Waals surface area contributed by atoms with Crippen LogP contribution in [0.1, 0.15) is 17.4 Å². The molecule has 1 unspecified atom stereocenters. The first-order valence-electron chi connectivity index (χ1n) is 7.02. The first-order valence-corrected chi connectivity index (χ1v) is 7.45. The highest BCUT2D eigenvalue weighted by atomic mass is 35.5. The summed E-state index contributed by atoms with van der Waals surface area (Å²) in [5.41, 5.74) is 0.849. The van der Waals surface area contributed by atoms with Crippen LogP contribution in [0.2, 0.25) is 0 Å². The van der Waals surface area contributed by atoms with Crippen molar-refractivity contribution in [3.05, 3.63) is 61.4 Å². The molecule has 124 valence electrons. The Labute approximate surface area is 141 Å². The third kappa shape index (κ3) is 5.79. The van der Waals surface area contributed by atoms with Crippen molar-refractivity contribution in [2.45, 2.75) is 17.8 Å². The number of hydrogen-bond acceptors (Lipinski definition) is 4. The smallest absolute Gasteiger partial charge is 0.415 e. The van der Waals surface area contributed by atoms with E-state index in [9.17, 15) is 9.59 Å². The summed E-state index contributed by atoms with van der Waals surface area (Å²) in [6, 6.07) is 8.44. The van der Waals surface area contributed by atoms with E-state index in [0.717, 1.165) is 16.7 Å². The molecule has 0 spiro atoms. The maximum Gasteiger partial charge on any atom is 0.415 e. The number of carbonyl (C=O) groups excluding carboxylic acids is 2. The molecule has 0 aliphatic heterocycles. The average molecular weight is 338 g/mol. The minimum atomic E-state index is -0.834. The summed E-state index contributed by atoms with van der Waals surface area (Å²) in [5.74, 6) is -0.574. The normalized spacial score (nSPS) is 12.6. The predicted molar refractivity (Wildman–Crippen MR) is 89.0 cm³/mol. The first kappa shape index (κ1) is 18.8. The minimum Gasteiger partial charge on any atom is -0.462 e. The molecule has 1 amide bonds. The van der Waals surface area contributed by atoms with Crippen LogP contribution in [0, 0.1) is 0 Å². The molecule has 0 fully saturated rings. The molecule has 1 rings (SSSR count). The van der Waals surface area contributed by atoms with E-state index in [1.807, 2.05) is 30.3 Å². The lowest BCUT2D eigenvalue weighted by Crippen LogP contribution is -2.43. The maximum absolute atomic E-state index is 12.2. The maximum atomic E-state index is 12.2. The lowest BCUT2D eigenvalue weighted by molar-refractivity contribution is -0.148. The molecule has 0 bridgehead atoms. The van der Waals surface area contributed by atoms with Crippen molar-refractivity contribution in [1.29, 1.82) is 0 Å². The molecule has 2 atom stereocenters. The minimum absolute atomic E-state index is 0.00237. The van der Waals surface area contributed by atoms with Crippen LogP contribution in [-0.2, 0) is 14.3 Å². The number of esters is 1. The van der Waals surface area contributed by atoms with E-state index in [1.54, 1.807) is 0 Å². The molecule has 0 aromatic heterocycles. The molecule has 0 saturated heterocycles. The van der Waals surface area contributed by atoms with Gasteiger partial charge in [0.2, 0.25) is 0 Å². The summed E-state index contributed by atoms with van der Waals surface area (Å²) in [4.78, 5) is 25.0. The van der Waals surface area contributed by atoms with Gasteiger partial charge in [0.25, 0.3) is 0 Å².